The molecule has 0 bridgehead atoms. The van der Waals surface area contributed by atoms with E-state index < -0.39 is 21.9 Å². The molecule has 1 aliphatic heterocycles. The summed E-state index contributed by atoms with van der Waals surface area (Å²) in [5.74, 6) is -1.56. The molecule has 6 nitrogen and oxygen atoms in total. The van der Waals surface area contributed by atoms with E-state index in [-0.39, 0.29) is 16.0 Å². The van der Waals surface area contributed by atoms with E-state index in [0.29, 0.717) is 5.06 Å². The Morgan fingerprint density at radius 2 is 1.26 bits per heavy atom. The molecule has 31 heavy (non-hydrogen) atoms. The summed E-state index contributed by atoms with van der Waals surface area (Å²) in [5, 5.41) is 0.314. The number of nitrogens with zero attached hydrogens (tertiary/aromatic N) is 1. The van der Waals surface area contributed by atoms with Gasteiger partial charge in [-0.15, -0.1) is 9.35 Å². The summed E-state index contributed by atoms with van der Waals surface area (Å²) >= 11 is 0. The maximum atomic E-state index is 12.6. The number of carbonyl (C=O) groups excluding carboxylic acids is 2. The van der Waals surface area contributed by atoms with E-state index in [2.05, 4.69) is 6.92 Å². The zero-order chi connectivity index (χ0) is 22.3. The minimum Gasteiger partial charge on any atom is -0.266 e. The molecule has 0 saturated heterocycles. The van der Waals surface area contributed by atoms with Crippen LogP contribution in [0.4, 0.5) is 0 Å². The molecule has 0 radical (unpaired) electrons. The number of unbranched alkanes of at least 4 members (excludes halogenated alkanes) is 7. The molecule has 1 heterocycles. The van der Waals surface area contributed by atoms with Crippen molar-refractivity contribution in [1.29, 1.82) is 0 Å². The number of hydrogen-bond donors (Lipinski definition) is 0. The number of imide groups is 1. The first-order valence-corrected chi connectivity index (χ1v) is 12.4. The van der Waals surface area contributed by atoms with E-state index in [9.17, 15) is 18.0 Å². The van der Waals surface area contributed by atoms with Gasteiger partial charge in [-0.3, -0.25) is 9.59 Å². The van der Waals surface area contributed by atoms with Gasteiger partial charge in [0.2, 0.25) is 0 Å². The van der Waals surface area contributed by atoms with E-state index >= 15 is 0 Å². The Hall–Kier alpha value is -2.51. The topological polar surface area (TPSA) is 80.8 Å². The number of rotatable bonds is 12. The molecule has 0 N–H and O–H groups in total. The van der Waals surface area contributed by atoms with Crippen molar-refractivity contribution in [1.82, 2.24) is 5.06 Å². The molecule has 0 saturated carbocycles. The fraction of sp³-hybridized carbons (Fsp3) is 0.417. The van der Waals surface area contributed by atoms with Crippen LogP contribution >= 0.6 is 0 Å². The third kappa shape index (κ3) is 5.80. The summed E-state index contributed by atoms with van der Waals surface area (Å²) in [6, 6.07) is 12.5. The molecule has 0 spiro atoms. The van der Waals surface area contributed by atoms with Gasteiger partial charge < -0.3 is 0 Å². The SMILES string of the molecule is CCCCCCCCCCc1ccc(S(=O)(=O)ON2C(=O)c3ccccc3C2=O)cc1. The van der Waals surface area contributed by atoms with Crippen molar-refractivity contribution in [3.8, 4) is 0 Å². The van der Waals surface area contributed by atoms with E-state index in [1.165, 1.54) is 62.8 Å². The molecule has 2 amide bonds. The Labute approximate surface area is 184 Å². The van der Waals surface area contributed by atoms with Gasteiger partial charge in [0.1, 0.15) is 0 Å². The summed E-state index contributed by atoms with van der Waals surface area (Å²) in [7, 11) is -4.30. The zero-order valence-electron chi connectivity index (χ0n) is 17.9. The first-order chi connectivity index (χ1) is 14.9. The number of hydroxylamine groups is 2. The second-order valence-electron chi connectivity index (χ2n) is 7.85. The van der Waals surface area contributed by atoms with Gasteiger partial charge in [-0.2, -0.15) is 8.42 Å². The van der Waals surface area contributed by atoms with Crippen molar-refractivity contribution < 1.29 is 22.3 Å². The molecule has 0 aromatic heterocycles. The summed E-state index contributed by atoms with van der Waals surface area (Å²) in [5.41, 5.74) is 1.30. The Balaban J connectivity index is 1.51. The van der Waals surface area contributed by atoms with Crippen LogP contribution in [0.2, 0.25) is 0 Å². The van der Waals surface area contributed by atoms with Crippen LogP contribution in [0.3, 0.4) is 0 Å². The first kappa shape index (κ1) is 23.2. The molecular formula is C24H29NO5S. The fourth-order valence-electron chi connectivity index (χ4n) is 3.66. The Morgan fingerprint density at radius 3 is 1.81 bits per heavy atom. The van der Waals surface area contributed by atoms with Crippen molar-refractivity contribution in [3.63, 3.8) is 0 Å². The number of benzene rings is 2. The minimum atomic E-state index is -4.30. The number of fused-ring (bicyclic) bond motifs is 1. The maximum absolute atomic E-state index is 12.6. The van der Waals surface area contributed by atoms with Gasteiger partial charge in [-0.1, -0.05) is 76.1 Å². The molecule has 1 aliphatic rings. The minimum absolute atomic E-state index is 0.0938. The van der Waals surface area contributed by atoms with E-state index in [0.717, 1.165) is 24.8 Å². The summed E-state index contributed by atoms with van der Waals surface area (Å²) in [4.78, 5) is 24.6. The van der Waals surface area contributed by atoms with Crippen LogP contribution in [0.1, 0.15) is 84.6 Å². The van der Waals surface area contributed by atoms with E-state index in [1.54, 1.807) is 24.3 Å². The highest BCUT2D eigenvalue weighted by molar-refractivity contribution is 7.86. The smallest absolute Gasteiger partial charge is 0.266 e. The predicted octanol–water partition coefficient (Wildman–Crippen LogP) is 5.29. The third-order valence-electron chi connectivity index (χ3n) is 5.46. The van der Waals surface area contributed by atoms with Gasteiger partial charge in [-0.05, 0) is 42.7 Å². The highest BCUT2D eigenvalue weighted by atomic mass is 32.2. The summed E-state index contributed by atoms with van der Waals surface area (Å²) in [6.07, 6.45) is 10.8. The lowest BCUT2D eigenvalue weighted by molar-refractivity contribution is -0.0103. The van der Waals surface area contributed by atoms with Crippen molar-refractivity contribution >= 4 is 21.9 Å². The van der Waals surface area contributed by atoms with Crippen molar-refractivity contribution in [2.24, 2.45) is 0 Å². The number of hydrogen-bond acceptors (Lipinski definition) is 5. The molecule has 2 aromatic rings. The highest BCUT2D eigenvalue weighted by Gasteiger charge is 2.39. The number of carbonyl (C=O) groups is 2. The van der Waals surface area contributed by atoms with Crippen LogP contribution in [0.5, 0.6) is 0 Å². The molecule has 3 rings (SSSR count). The highest BCUT2D eigenvalue weighted by Crippen LogP contribution is 2.25. The lowest BCUT2D eigenvalue weighted by Gasteiger charge is -2.13. The van der Waals surface area contributed by atoms with Gasteiger partial charge in [-0.25, -0.2) is 0 Å². The number of amides is 2. The second kappa shape index (κ2) is 10.7. The molecule has 0 atom stereocenters. The van der Waals surface area contributed by atoms with Gasteiger partial charge >= 0.3 is 10.1 Å². The van der Waals surface area contributed by atoms with Gasteiger partial charge in [0.15, 0.2) is 0 Å². The van der Waals surface area contributed by atoms with Crippen LogP contribution in [-0.4, -0.2) is 25.3 Å². The average Bonchev–Trinajstić information content (AvgIpc) is 3.01. The van der Waals surface area contributed by atoms with E-state index in [4.69, 9.17) is 4.28 Å². The van der Waals surface area contributed by atoms with Crippen molar-refractivity contribution in [2.75, 3.05) is 0 Å². The second-order valence-corrected chi connectivity index (χ2v) is 9.38. The molecule has 2 aromatic carbocycles. The van der Waals surface area contributed by atoms with Gasteiger partial charge in [0.25, 0.3) is 11.8 Å². The molecule has 0 aliphatic carbocycles. The third-order valence-corrected chi connectivity index (χ3v) is 6.66. The molecule has 0 unspecified atom stereocenters. The monoisotopic (exact) mass is 443 g/mol. The van der Waals surface area contributed by atoms with Crippen LogP contribution in [-0.2, 0) is 20.8 Å². The summed E-state index contributed by atoms with van der Waals surface area (Å²) in [6.45, 7) is 2.22. The van der Waals surface area contributed by atoms with E-state index in [1.807, 2.05) is 0 Å². The Kier molecular flexibility index (Phi) is 7.98. The van der Waals surface area contributed by atoms with Crippen LogP contribution in [0.25, 0.3) is 0 Å². The Bertz CT molecular complexity index is 980. The maximum Gasteiger partial charge on any atom is 0.318 e. The van der Waals surface area contributed by atoms with Crippen LogP contribution < -0.4 is 0 Å². The average molecular weight is 444 g/mol. The summed E-state index contributed by atoms with van der Waals surface area (Å²) < 4.78 is 30.1. The van der Waals surface area contributed by atoms with Crippen molar-refractivity contribution in [2.45, 2.75) is 69.6 Å². The lowest BCUT2D eigenvalue weighted by atomic mass is 10.0. The predicted molar refractivity (Wildman–Crippen MR) is 118 cm³/mol. The fourth-order valence-corrected chi connectivity index (χ4v) is 4.55. The van der Waals surface area contributed by atoms with Crippen LogP contribution in [0, 0.1) is 0 Å². The normalized spacial score (nSPS) is 13.6. The molecule has 7 heteroatoms. The lowest BCUT2D eigenvalue weighted by Crippen LogP contribution is -2.32. The van der Waals surface area contributed by atoms with Gasteiger partial charge in [0, 0.05) is 0 Å². The van der Waals surface area contributed by atoms with Crippen molar-refractivity contribution in [3.05, 3.63) is 65.2 Å². The number of aryl methyl sites for hydroxylation is 1. The zero-order valence-corrected chi connectivity index (χ0v) is 18.7. The standard InChI is InChI=1S/C24H29NO5S/c1-2-3-4-5-6-7-8-9-12-19-15-17-20(18-16-19)31(28,29)30-25-23(26)21-13-10-11-14-22(21)24(25)27/h10-11,13-18H,2-9,12H2,1H3. The molecular weight excluding hydrogens is 414 g/mol. The van der Waals surface area contributed by atoms with Crippen LogP contribution in [0.15, 0.2) is 53.4 Å². The first-order valence-electron chi connectivity index (χ1n) is 11.0. The largest absolute Gasteiger partial charge is 0.318 e. The quantitative estimate of drug-likeness (QED) is 0.329. The molecule has 166 valence electrons. The van der Waals surface area contributed by atoms with Gasteiger partial charge in [0.05, 0.1) is 16.0 Å². The Morgan fingerprint density at radius 1 is 0.742 bits per heavy atom. The molecule has 0 fully saturated rings.